The number of rotatable bonds is 2. The monoisotopic (exact) mass is 276 g/mol. The summed E-state index contributed by atoms with van der Waals surface area (Å²) in [6, 6.07) is 18.6. The summed E-state index contributed by atoms with van der Waals surface area (Å²) in [4.78, 5) is 11.6. The van der Waals surface area contributed by atoms with E-state index in [9.17, 15) is 4.79 Å². The fourth-order valence-corrected chi connectivity index (χ4v) is 2.66. The molecule has 0 bridgehead atoms. The van der Waals surface area contributed by atoms with Crippen molar-refractivity contribution < 1.29 is 9.53 Å². The van der Waals surface area contributed by atoms with Gasteiger partial charge in [0.2, 0.25) is 0 Å². The molecule has 3 aromatic carbocycles. The van der Waals surface area contributed by atoms with Crippen LogP contribution in [0.25, 0.3) is 27.6 Å². The van der Waals surface area contributed by atoms with Gasteiger partial charge in [-0.15, -0.1) is 0 Å². The zero-order chi connectivity index (χ0) is 14.8. The highest BCUT2D eigenvalue weighted by atomic mass is 16.5. The van der Waals surface area contributed by atoms with Crippen molar-refractivity contribution in [2.45, 2.75) is 6.92 Å². The first-order valence-corrected chi connectivity index (χ1v) is 6.88. The molecule has 0 N–H and O–H groups in total. The quantitative estimate of drug-likeness (QED) is 0.389. The average molecular weight is 276 g/mol. The second-order valence-electron chi connectivity index (χ2n) is 5.05. The molecule has 0 aliphatic heterocycles. The number of esters is 1. The van der Waals surface area contributed by atoms with Crippen LogP contribution < -0.4 is 0 Å². The number of ether oxygens (including phenoxy) is 1. The lowest BCUT2D eigenvalue weighted by atomic mass is 9.96. The minimum atomic E-state index is -0.299. The molecule has 0 heterocycles. The SMILES string of the molecule is COC(=O)C(C)=Cc1cc2ccccc2c2ccccc12. The minimum Gasteiger partial charge on any atom is -0.466 e. The Morgan fingerprint density at radius 2 is 1.57 bits per heavy atom. The van der Waals surface area contributed by atoms with Gasteiger partial charge in [0, 0.05) is 5.57 Å². The van der Waals surface area contributed by atoms with Crippen LogP contribution >= 0.6 is 0 Å². The molecule has 0 amide bonds. The van der Waals surface area contributed by atoms with E-state index in [1.165, 1.54) is 23.3 Å². The lowest BCUT2D eigenvalue weighted by molar-refractivity contribution is -0.135. The Bertz CT molecular complexity index is 860. The number of methoxy groups -OCH3 is 1. The van der Waals surface area contributed by atoms with E-state index in [1.807, 2.05) is 30.3 Å². The van der Waals surface area contributed by atoms with Crippen LogP contribution in [0.15, 0.2) is 60.2 Å². The number of hydrogen-bond acceptors (Lipinski definition) is 2. The fourth-order valence-electron chi connectivity index (χ4n) is 2.66. The molecule has 2 nitrogen and oxygen atoms in total. The van der Waals surface area contributed by atoms with Crippen molar-refractivity contribution >= 4 is 33.6 Å². The standard InChI is InChI=1S/C19H16O2/c1-13(19(20)21-2)11-15-12-14-7-3-4-8-16(14)18-10-6-5-9-17(15)18/h3-12H,1-2H3. The Labute approximate surface area is 123 Å². The number of fused-ring (bicyclic) bond motifs is 3. The number of carbonyl (C=O) groups excluding carboxylic acids is 1. The summed E-state index contributed by atoms with van der Waals surface area (Å²) in [5, 5.41) is 4.72. The molecule has 0 aliphatic carbocycles. The van der Waals surface area contributed by atoms with E-state index in [1.54, 1.807) is 6.92 Å². The van der Waals surface area contributed by atoms with Gasteiger partial charge in [-0.3, -0.25) is 0 Å². The van der Waals surface area contributed by atoms with Crippen molar-refractivity contribution in [2.24, 2.45) is 0 Å². The molecular weight excluding hydrogens is 260 g/mol. The van der Waals surface area contributed by atoms with Crippen molar-refractivity contribution in [2.75, 3.05) is 7.11 Å². The van der Waals surface area contributed by atoms with Gasteiger partial charge in [0.25, 0.3) is 0 Å². The molecular formula is C19H16O2. The minimum absolute atomic E-state index is 0.299. The highest BCUT2D eigenvalue weighted by Gasteiger charge is 2.07. The van der Waals surface area contributed by atoms with Crippen molar-refractivity contribution in [3.05, 3.63) is 65.7 Å². The first kappa shape index (κ1) is 13.4. The van der Waals surface area contributed by atoms with Crippen molar-refractivity contribution in [1.82, 2.24) is 0 Å². The molecule has 0 aliphatic rings. The van der Waals surface area contributed by atoms with Crippen molar-refractivity contribution in [3.8, 4) is 0 Å². The third kappa shape index (κ3) is 2.40. The van der Waals surface area contributed by atoms with Crippen molar-refractivity contribution in [3.63, 3.8) is 0 Å². The van der Waals surface area contributed by atoms with Gasteiger partial charge in [-0.25, -0.2) is 4.79 Å². The Balaban J connectivity index is 2.33. The zero-order valence-corrected chi connectivity index (χ0v) is 12.1. The predicted octanol–water partition coefficient (Wildman–Crippen LogP) is 4.57. The van der Waals surface area contributed by atoms with E-state index >= 15 is 0 Å². The summed E-state index contributed by atoms with van der Waals surface area (Å²) in [5.41, 5.74) is 1.63. The summed E-state index contributed by atoms with van der Waals surface area (Å²) >= 11 is 0. The molecule has 0 saturated heterocycles. The first-order valence-electron chi connectivity index (χ1n) is 6.88. The Kier molecular flexibility index (Phi) is 3.44. The lowest BCUT2D eigenvalue weighted by Crippen LogP contribution is -2.01. The van der Waals surface area contributed by atoms with Crippen LogP contribution in [0.5, 0.6) is 0 Å². The maximum absolute atomic E-state index is 11.6. The largest absolute Gasteiger partial charge is 0.466 e. The van der Waals surface area contributed by atoms with Crippen LogP contribution in [0.2, 0.25) is 0 Å². The van der Waals surface area contributed by atoms with Crippen molar-refractivity contribution in [1.29, 1.82) is 0 Å². The van der Waals surface area contributed by atoms with E-state index in [-0.39, 0.29) is 5.97 Å². The second-order valence-corrected chi connectivity index (χ2v) is 5.05. The van der Waals surface area contributed by atoms with E-state index < -0.39 is 0 Å². The molecule has 0 fully saturated rings. The van der Waals surface area contributed by atoms with E-state index in [2.05, 4.69) is 30.3 Å². The molecule has 21 heavy (non-hydrogen) atoms. The highest BCUT2D eigenvalue weighted by Crippen LogP contribution is 2.29. The second kappa shape index (κ2) is 5.41. The maximum atomic E-state index is 11.6. The fraction of sp³-hybridized carbons (Fsp3) is 0.105. The molecule has 3 aromatic rings. The van der Waals surface area contributed by atoms with Gasteiger partial charge in [0.05, 0.1) is 7.11 Å². The highest BCUT2D eigenvalue weighted by molar-refractivity contribution is 6.11. The zero-order valence-electron chi connectivity index (χ0n) is 12.1. The maximum Gasteiger partial charge on any atom is 0.333 e. The average Bonchev–Trinajstić information content (AvgIpc) is 2.54. The van der Waals surface area contributed by atoms with Gasteiger partial charge in [-0.2, -0.15) is 0 Å². The lowest BCUT2D eigenvalue weighted by Gasteiger charge is -2.08. The summed E-state index contributed by atoms with van der Waals surface area (Å²) < 4.78 is 4.78. The van der Waals surface area contributed by atoms with Crippen LogP contribution in [-0.2, 0) is 9.53 Å². The van der Waals surface area contributed by atoms with Crippen LogP contribution in [-0.4, -0.2) is 13.1 Å². The normalized spacial score (nSPS) is 11.8. The number of hydrogen-bond donors (Lipinski definition) is 0. The summed E-state index contributed by atoms with van der Waals surface area (Å²) in [6.07, 6.45) is 1.89. The summed E-state index contributed by atoms with van der Waals surface area (Å²) in [5.74, 6) is -0.299. The van der Waals surface area contributed by atoms with Gasteiger partial charge in [-0.1, -0.05) is 48.5 Å². The number of benzene rings is 3. The molecule has 0 aromatic heterocycles. The summed E-state index contributed by atoms with van der Waals surface area (Å²) in [7, 11) is 1.40. The topological polar surface area (TPSA) is 26.3 Å². The molecule has 104 valence electrons. The molecule has 0 saturated carbocycles. The summed E-state index contributed by atoms with van der Waals surface area (Å²) in [6.45, 7) is 1.77. The van der Waals surface area contributed by atoms with Gasteiger partial charge in [0.1, 0.15) is 0 Å². The van der Waals surface area contributed by atoms with Crippen LogP contribution in [0.4, 0.5) is 0 Å². The number of carbonyl (C=O) groups is 1. The molecule has 0 atom stereocenters. The van der Waals surface area contributed by atoms with Crippen LogP contribution in [0, 0.1) is 0 Å². The van der Waals surface area contributed by atoms with Crippen LogP contribution in [0.3, 0.4) is 0 Å². The Hall–Kier alpha value is -2.61. The first-order chi connectivity index (χ1) is 10.2. The van der Waals surface area contributed by atoms with Gasteiger partial charge in [-0.05, 0) is 46.2 Å². The smallest absolute Gasteiger partial charge is 0.333 e. The van der Waals surface area contributed by atoms with Gasteiger partial charge >= 0.3 is 5.97 Å². The van der Waals surface area contributed by atoms with E-state index in [4.69, 9.17) is 4.74 Å². The van der Waals surface area contributed by atoms with E-state index in [0.717, 1.165) is 10.9 Å². The molecule has 3 rings (SSSR count). The molecule has 2 heteroatoms. The third-order valence-electron chi connectivity index (χ3n) is 3.68. The van der Waals surface area contributed by atoms with Gasteiger partial charge in [0.15, 0.2) is 0 Å². The molecule has 0 unspecified atom stereocenters. The van der Waals surface area contributed by atoms with E-state index in [0.29, 0.717) is 5.57 Å². The van der Waals surface area contributed by atoms with Gasteiger partial charge < -0.3 is 4.74 Å². The third-order valence-corrected chi connectivity index (χ3v) is 3.68. The molecule has 0 radical (unpaired) electrons. The predicted molar refractivity (Wildman–Crippen MR) is 87.1 cm³/mol. The molecule has 0 spiro atoms. The Morgan fingerprint density at radius 1 is 0.952 bits per heavy atom. The van der Waals surface area contributed by atoms with Crippen LogP contribution in [0.1, 0.15) is 12.5 Å². The Morgan fingerprint density at radius 3 is 2.29 bits per heavy atom.